The predicted octanol–water partition coefficient (Wildman–Crippen LogP) is 0.522. The molecule has 15 heteroatoms. The summed E-state index contributed by atoms with van der Waals surface area (Å²) in [4.78, 5) is 42.5. The van der Waals surface area contributed by atoms with Crippen LogP contribution >= 0.6 is 0 Å². The molecule has 1 saturated heterocycles. The van der Waals surface area contributed by atoms with Crippen LogP contribution in [0.1, 0.15) is 19.4 Å². The number of rotatable bonds is 9. The van der Waals surface area contributed by atoms with Gasteiger partial charge in [0, 0.05) is 13.8 Å². The summed E-state index contributed by atoms with van der Waals surface area (Å²) in [5.41, 5.74) is 0.839. The molecule has 2 heterocycles. The van der Waals surface area contributed by atoms with E-state index in [0.29, 0.717) is 4.73 Å². The number of aromatic nitrogens is 2. The van der Waals surface area contributed by atoms with Crippen molar-refractivity contribution in [3.63, 3.8) is 0 Å². The molecule has 0 aliphatic carbocycles. The van der Waals surface area contributed by atoms with Crippen LogP contribution in [-0.4, -0.2) is 66.2 Å². The van der Waals surface area contributed by atoms with Gasteiger partial charge < -0.3 is 29.2 Å². The maximum Gasteiger partial charge on any atom is 0.471 e. The Morgan fingerprint density at radius 2 is 1.76 bits per heavy atom. The third kappa shape index (κ3) is 5.86. The van der Waals surface area contributed by atoms with Crippen molar-refractivity contribution in [2.24, 2.45) is 0 Å². The summed E-state index contributed by atoms with van der Waals surface area (Å²) in [7, 11) is -4.22. The fourth-order valence-corrected chi connectivity index (χ4v) is 4.02. The fourth-order valence-electron chi connectivity index (χ4n) is 3.10. The molecule has 0 amide bonds. The molecule has 184 valence electrons. The fraction of sp³-hybridized carbons (Fsp3) is 0.421. The number of imidazole rings is 1. The van der Waals surface area contributed by atoms with Crippen LogP contribution in [0.15, 0.2) is 41.6 Å². The number of hydrogen-bond donors (Lipinski definition) is 0. The highest BCUT2D eigenvalue weighted by atomic mass is 32.2. The summed E-state index contributed by atoms with van der Waals surface area (Å²) in [6.07, 6.45) is -3.36. The Balaban J connectivity index is 1.84. The topological polar surface area (TPSA) is 175 Å². The molecule has 1 fully saturated rings. The van der Waals surface area contributed by atoms with Crippen LogP contribution < -0.4 is 4.84 Å². The van der Waals surface area contributed by atoms with Gasteiger partial charge in [0.15, 0.2) is 6.10 Å². The molecule has 0 saturated carbocycles. The van der Waals surface area contributed by atoms with Gasteiger partial charge in [-0.25, -0.2) is 0 Å². The van der Waals surface area contributed by atoms with Gasteiger partial charge in [-0.2, -0.15) is 8.42 Å². The SMILES string of the molecule is CC(=O)O[C@@H]1[C@H](On2ccnc2[N+](=O)[O-])O[C@H](COS(=O)(=O)c2ccc(C)cc2)[C@H]1OC(C)=O. The molecular formula is C19H21N3O11S. The lowest BCUT2D eigenvalue weighted by Crippen LogP contribution is -2.43. The first-order chi connectivity index (χ1) is 16.0. The lowest BCUT2D eigenvalue weighted by molar-refractivity contribution is -0.404. The first-order valence-corrected chi connectivity index (χ1v) is 11.2. The van der Waals surface area contributed by atoms with Crippen molar-refractivity contribution in [2.75, 3.05) is 6.61 Å². The van der Waals surface area contributed by atoms with E-state index in [1.165, 1.54) is 12.1 Å². The lowest BCUT2D eigenvalue weighted by atomic mass is 10.1. The van der Waals surface area contributed by atoms with Crippen LogP contribution in [-0.2, 0) is 38.1 Å². The summed E-state index contributed by atoms with van der Waals surface area (Å²) in [6, 6.07) is 5.89. The average Bonchev–Trinajstić information content (AvgIpc) is 3.32. The zero-order valence-electron chi connectivity index (χ0n) is 18.2. The number of carbonyl (C=O) groups is 2. The molecule has 1 aliphatic heterocycles. The molecule has 3 rings (SSSR count). The van der Waals surface area contributed by atoms with E-state index in [0.717, 1.165) is 31.8 Å². The number of ether oxygens (including phenoxy) is 3. The zero-order valence-corrected chi connectivity index (χ0v) is 19.0. The summed E-state index contributed by atoms with van der Waals surface area (Å²) < 4.78 is 46.8. The molecule has 0 N–H and O–H groups in total. The molecular weight excluding hydrogens is 478 g/mol. The molecule has 34 heavy (non-hydrogen) atoms. The first-order valence-electron chi connectivity index (χ1n) is 9.79. The minimum Gasteiger partial charge on any atom is -0.455 e. The lowest BCUT2D eigenvalue weighted by Gasteiger charge is -2.22. The average molecular weight is 499 g/mol. The van der Waals surface area contributed by atoms with E-state index in [1.54, 1.807) is 19.1 Å². The number of hydrogen-bond acceptors (Lipinski definition) is 12. The Morgan fingerprint density at radius 1 is 1.15 bits per heavy atom. The van der Waals surface area contributed by atoms with E-state index >= 15 is 0 Å². The van der Waals surface area contributed by atoms with Crippen LogP contribution in [0.2, 0.25) is 0 Å². The van der Waals surface area contributed by atoms with Crippen LogP contribution in [0.4, 0.5) is 5.95 Å². The van der Waals surface area contributed by atoms with Crippen molar-refractivity contribution in [2.45, 2.75) is 50.3 Å². The standard InChI is InChI=1S/C19H21N3O11S/c1-11-4-6-14(7-5-11)34(27,28)29-10-15-16(30-12(2)23)17(31-13(3)24)18(32-15)33-21-9-8-20-19(21)22(25)26/h4-9,15-18H,10H2,1-3H3/t15-,16-,17+,18+/m1/s1. The van der Waals surface area contributed by atoms with Gasteiger partial charge in [0.25, 0.3) is 16.4 Å². The van der Waals surface area contributed by atoms with Gasteiger partial charge in [-0.05, 0) is 28.7 Å². The molecule has 1 aliphatic rings. The number of aryl methyl sites for hydroxylation is 1. The Labute approximate surface area is 193 Å². The molecule has 2 aromatic rings. The van der Waals surface area contributed by atoms with Crippen molar-refractivity contribution < 1.29 is 46.2 Å². The minimum absolute atomic E-state index is 0.112. The second-order valence-electron chi connectivity index (χ2n) is 7.16. The number of benzene rings is 1. The van der Waals surface area contributed by atoms with E-state index in [4.69, 9.17) is 23.2 Å². The van der Waals surface area contributed by atoms with E-state index < -0.39 is 64.1 Å². The molecule has 0 spiro atoms. The Bertz CT molecular complexity index is 1160. The van der Waals surface area contributed by atoms with Gasteiger partial charge in [0.2, 0.25) is 6.10 Å². The summed E-state index contributed by atoms with van der Waals surface area (Å²) in [5, 5.41) is 11.1. The third-order valence-corrected chi connectivity index (χ3v) is 5.83. The number of esters is 2. The number of nitrogens with zero attached hydrogens (tertiary/aromatic N) is 3. The quantitative estimate of drug-likeness (QED) is 0.203. The van der Waals surface area contributed by atoms with Gasteiger partial charge in [0.05, 0.1) is 11.5 Å². The smallest absolute Gasteiger partial charge is 0.455 e. The van der Waals surface area contributed by atoms with E-state index in [-0.39, 0.29) is 4.90 Å². The van der Waals surface area contributed by atoms with Gasteiger partial charge in [-0.3, -0.25) is 13.8 Å². The highest BCUT2D eigenvalue weighted by molar-refractivity contribution is 7.86. The van der Waals surface area contributed by atoms with Gasteiger partial charge in [-0.1, -0.05) is 22.7 Å². The van der Waals surface area contributed by atoms with Crippen LogP contribution in [0, 0.1) is 17.0 Å². The van der Waals surface area contributed by atoms with Crippen LogP contribution in [0.5, 0.6) is 0 Å². The third-order valence-electron chi connectivity index (χ3n) is 4.54. The molecule has 0 bridgehead atoms. The highest BCUT2D eigenvalue weighted by Crippen LogP contribution is 2.29. The summed E-state index contributed by atoms with van der Waals surface area (Å²) in [6.45, 7) is 3.30. The van der Waals surface area contributed by atoms with Crippen molar-refractivity contribution >= 4 is 28.0 Å². The molecule has 0 radical (unpaired) electrons. The summed E-state index contributed by atoms with van der Waals surface area (Å²) in [5.74, 6) is -2.28. The predicted molar refractivity (Wildman–Crippen MR) is 110 cm³/mol. The Morgan fingerprint density at radius 3 is 2.35 bits per heavy atom. The first kappa shape index (κ1) is 25.1. The largest absolute Gasteiger partial charge is 0.471 e. The molecule has 1 aromatic heterocycles. The van der Waals surface area contributed by atoms with E-state index in [2.05, 4.69) is 4.98 Å². The zero-order chi connectivity index (χ0) is 25.0. The van der Waals surface area contributed by atoms with Gasteiger partial charge in [0.1, 0.15) is 18.5 Å². The molecule has 14 nitrogen and oxygen atoms in total. The maximum absolute atomic E-state index is 12.6. The van der Waals surface area contributed by atoms with Gasteiger partial charge in [-0.15, -0.1) is 0 Å². The number of carbonyl (C=O) groups excluding carboxylic acids is 2. The van der Waals surface area contributed by atoms with E-state index in [9.17, 15) is 28.1 Å². The molecule has 1 aromatic carbocycles. The van der Waals surface area contributed by atoms with Crippen LogP contribution in [0.3, 0.4) is 0 Å². The Kier molecular flexibility index (Phi) is 7.48. The van der Waals surface area contributed by atoms with Crippen molar-refractivity contribution in [3.8, 4) is 0 Å². The molecule has 0 unspecified atom stereocenters. The van der Waals surface area contributed by atoms with Crippen molar-refractivity contribution in [1.82, 2.24) is 9.71 Å². The summed E-state index contributed by atoms with van der Waals surface area (Å²) >= 11 is 0. The highest BCUT2D eigenvalue weighted by Gasteiger charge is 2.52. The van der Waals surface area contributed by atoms with Crippen LogP contribution in [0.25, 0.3) is 0 Å². The maximum atomic E-state index is 12.6. The van der Waals surface area contributed by atoms with Crippen molar-refractivity contribution in [1.29, 1.82) is 0 Å². The molecule has 4 atom stereocenters. The normalized spacial score (nSPS) is 22.2. The second-order valence-corrected chi connectivity index (χ2v) is 8.77. The van der Waals surface area contributed by atoms with Crippen molar-refractivity contribution in [3.05, 3.63) is 52.3 Å². The monoisotopic (exact) mass is 499 g/mol. The second kappa shape index (κ2) is 10.1. The van der Waals surface area contributed by atoms with Gasteiger partial charge >= 0.3 is 17.9 Å². The minimum atomic E-state index is -4.22. The van der Waals surface area contributed by atoms with E-state index in [1.807, 2.05) is 0 Å². The Hall–Kier alpha value is -3.56. The number of nitro groups is 1.